The van der Waals surface area contributed by atoms with E-state index in [9.17, 15) is 5.11 Å². The quantitative estimate of drug-likeness (QED) is 0.657. The minimum atomic E-state index is -0.308. The van der Waals surface area contributed by atoms with E-state index in [0.717, 1.165) is 19.3 Å². The summed E-state index contributed by atoms with van der Waals surface area (Å²) >= 11 is 0. The van der Waals surface area contributed by atoms with Crippen molar-refractivity contribution in [2.45, 2.75) is 51.4 Å². The molecule has 0 aromatic carbocycles. The van der Waals surface area contributed by atoms with Crippen LogP contribution in [-0.2, 0) is 4.74 Å². The summed E-state index contributed by atoms with van der Waals surface area (Å²) in [6.45, 7) is 4.02. The fourth-order valence-electron chi connectivity index (χ4n) is 1.80. The summed E-state index contributed by atoms with van der Waals surface area (Å²) in [5.74, 6) is 3.04. The highest BCUT2D eigenvalue weighted by molar-refractivity contribution is 4.88. The van der Waals surface area contributed by atoms with Crippen molar-refractivity contribution in [1.29, 1.82) is 0 Å². The first-order valence-corrected chi connectivity index (χ1v) is 4.92. The molecule has 0 aromatic rings. The number of aliphatic hydroxyl groups excluding tert-OH is 1. The van der Waals surface area contributed by atoms with Crippen LogP contribution in [0.2, 0.25) is 0 Å². The Morgan fingerprint density at radius 1 is 1.54 bits per heavy atom. The van der Waals surface area contributed by atoms with Gasteiger partial charge in [0, 0.05) is 6.42 Å². The zero-order chi connectivity index (χ0) is 9.84. The Hall–Kier alpha value is -0.520. The lowest BCUT2D eigenvalue weighted by atomic mass is 9.89. The zero-order valence-electron chi connectivity index (χ0n) is 8.36. The van der Waals surface area contributed by atoms with Gasteiger partial charge in [-0.3, -0.25) is 0 Å². The van der Waals surface area contributed by atoms with Crippen LogP contribution >= 0.6 is 0 Å². The molecule has 2 nitrogen and oxygen atoms in total. The standard InChI is InChI=1S/C11H18O2/c1-4-5-6-11-8(2)7-10(12)9(3)13-11/h1,8-12H,5-7H2,2-3H3/t8-,9+,10-,11-/m0/s1. The summed E-state index contributed by atoms with van der Waals surface area (Å²) in [6, 6.07) is 0. The van der Waals surface area contributed by atoms with Gasteiger partial charge in [0.2, 0.25) is 0 Å². The van der Waals surface area contributed by atoms with Crippen molar-refractivity contribution < 1.29 is 9.84 Å². The molecule has 0 aromatic heterocycles. The van der Waals surface area contributed by atoms with Crippen molar-refractivity contribution in [1.82, 2.24) is 0 Å². The van der Waals surface area contributed by atoms with Gasteiger partial charge in [0.05, 0.1) is 18.3 Å². The first-order chi connectivity index (χ1) is 6.15. The predicted molar refractivity (Wildman–Crippen MR) is 52.2 cm³/mol. The van der Waals surface area contributed by atoms with Crippen LogP contribution in [0.15, 0.2) is 0 Å². The van der Waals surface area contributed by atoms with E-state index >= 15 is 0 Å². The fraction of sp³-hybridized carbons (Fsp3) is 0.818. The third-order valence-corrected chi connectivity index (χ3v) is 2.75. The number of terminal acetylenes is 1. The molecule has 0 unspecified atom stereocenters. The minimum absolute atomic E-state index is 0.0426. The third-order valence-electron chi connectivity index (χ3n) is 2.75. The lowest BCUT2D eigenvalue weighted by molar-refractivity contribution is -0.134. The van der Waals surface area contributed by atoms with Gasteiger partial charge in [0.25, 0.3) is 0 Å². The second kappa shape index (κ2) is 4.64. The summed E-state index contributed by atoms with van der Waals surface area (Å²) in [4.78, 5) is 0. The van der Waals surface area contributed by atoms with E-state index in [4.69, 9.17) is 11.2 Å². The van der Waals surface area contributed by atoms with Crippen LogP contribution < -0.4 is 0 Å². The van der Waals surface area contributed by atoms with Gasteiger partial charge < -0.3 is 9.84 Å². The topological polar surface area (TPSA) is 29.5 Å². The second-order valence-electron chi connectivity index (χ2n) is 3.90. The average Bonchev–Trinajstić information content (AvgIpc) is 2.09. The van der Waals surface area contributed by atoms with Gasteiger partial charge in [-0.15, -0.1) is 12.3 Å². The molecule has 13 heavy (non-hydrogen) atoms. The smallest absolute Gasteiger partial charge is 0.0809 e. The normalized spacial score (nSPS) is 39.8. The molecule has 1 N–H and O–H groups in total. The molecule has 4 atom stereocenters. The Labute approximate surface area is 80.3 Å². The number of aliphatic hydroxyl groups is 1. The average molecular weight is 182 g/mol. The van der Waals surface area contributed by atoms with Gasteiger partial charge in [-0.25, -0.2) is 0 Å². The van der Waals surface area contributed by atoms with Crippen molar-refractivity contribution in [3.63, 3.8) is 0 Å². The molecule has 1 aliphatic heterocycles. The summed E-state index contributed by atoms with van der Waals surface area (Å²) < 4.78 is 5.67. The third kappa shape index (κ3) is 2.72. The lowest BCUT2D eigenvalue weighted by Gasteiger charge is -2.36. The molecule has 1 heterocycles. The monoisotopic (exact) mass is 182 g/mol. The van der Waals surface area contributed by atoms with Gasteiger partial charge in [-0.2, -0.15) is 0 Å². The summed E-state index contributed by atoms with van der Waals surface area (Å²) in [5, 5.41) is 9.53. The number of ether oxygens (including phenoxy) is 1. The molecular weight excluding hydrogens is 164 g/mol. The molecule has 0 bridgehead atoms. The van der Waals surface area contributed by atoms with E-state index in [1.807, 2.05) is 6.92 Å². The van der Waals surface area contributed by atoms with E-state index in [0.29, 0.717) is 5.92 Å². The maximum absolute atomic E-state index is 9.53. The first kappa shape index (κ1) is 10.6. The Bertz CT molecular complexity index is 195. The fourth-order valence-corrected chi connectivity index (χ4v) is 1.80. The van der Waals surface area contributed by atoms with Crippen LogP contribution in [0.25, 0.3) is 0 Å². The van der Waals surface area contributed by atoms with Crippen LogP contribution in [0, 0.1) is 18.3 Å². The number of rotatable bonds is 2. The highest BCUT2D eigenvalue weighted by Crippen LogP contribution is 2.27. The molecule has 1 aliphatic rings. The van der Waals surface area contributed by atoms with Crippen molar-refractivity contribution >= 4 is 0 Å². The SMILES string of the molecule is C#CCC[C@@H]1O[C@H](C)[C@@H](O)C[C@@H]1C. The van der Waals surface area contributed by atoms with Crippen molar-refractivity contribution in [2.75, 3.05) is 0 Å². The molecule has 1 saturated heterocycles. The van der Waals surface area contributed by atoms with E-state index < -0.39 is 0 Å². The van der Waals surface area contributed by atoms with Crippen LogP contribution in [-0.4, -0.2) is 23.4 Å². The summed E-state index contributed by atoms with van der Waals surface area (Å²) in [7, 11) is 0. The van der Waals surface area contributed by atoms with Crippen LogP contribution in [0.3, 0.4) is 0 Å². The molecule has 1 rings (SSSR count). The maximum Gasteiger partial charge on any atom is 0.0809 e. The summed E-state index contributed by atoms with van der Waals surface area (Å²) in [6.07, 6.45) is 7.58. The largest absolute Gasteiger partial charge is 0.390 e. The Kier molecular flexibility index (Phi) is 3.77. The van der Waals surface area contributed by atoms with Crippen molar-refractivity contribution in [3.8, 4) is 12.3 Å². The molecule has 0 aliphatic carbocycles. The molecule has 0 spiro atoms. The van der Waals surface area contributed by atoms with Gasteiger partial charge in [0.1, 0.15) is 0 Å². The number of hydrogen-bond donors (Lipinski definition) is 1. The molecule has 0 amide bonds. The van der Waals surface area contributed by atoms with E-state index in [2.05, 4.69) is 12.8 Å². The molecular formula is C11H18O2. The summed E-state index contributed by atoms with van der Waals surface area (Å²) in [5.41, 5.74) is 0. The lowest BCUT2D eigenvalue weighted by Crippen LogP contribution is -2.41. The molecule has 1 fully saturated rings. The van der Waals surface area contributed by atoms with Gasteiger partial charge in [0.15, 0.2) is 0 Å². The van der Waals surface area contributed by atoms with Crippen molar-refractivity contribution in [2.24, 2.45) is 5.92 Å². The molecule has 74 valence electrons. The van der Waals surface area contributed by atoms with E-state index in [1.165, 1.54) is 0 Å². The number of hydrogen-bond acceptors (Lipinski definition) is 2. The van der Waals surface area contributed by atoms with Crippen LogP contribution in [0.5, 0.6) is 0 Å². The first-order valence-electron chi connectivity index (χ1n) is 4.92. The van der Waals surface area contributed by atoms with E-state index in [-0.39, 0.29) is 18.3 Å². The zero-order valence-corrected chi connectivity index (χ0v) is 8.36. The Balaban J connectivity index is 2.42. The van der Waals surface area contributed by atoms with Crippen LogP contribution in [0.4, 0.5) is 0 Å². The van der Waals surface area contributed by atoms with Crippen LogP contribution in [0.1, 0.15) is 33.1 Å². The van der Waals surface area contributed by atoms with Gasteiger partial charge in [-0.05, 0) is 25.7 Å². The second-order valence-corrected chi connectivity index (χ2v) is 3.90. The Morgan fingerprint density at radius 2 is 2.23 bits per heavy atom. The Morgan fingerprint density at radius 3 is 2.85 bits per heavy atom. The predicted octanol–water partition coefficient (Wildman–Crippen LogP) is 1.57. The maximum atomic E-state index is 9.53. The molecule has 0 radical (unpaired) electrons. The van der Waals surface area contributed by atoms with E-state index in [1.54, 1.807) is 0 Å². The highest BCUT2D eigenvalue weighted by Gasteiger charge is 2.31. The van der Waals surface area contributed by atoms with Gasteiger partial charge >= 0.3 is 0 Å². The highest BCUT2D eigenvalue weighted by atomic mass is 16.5. The van der Waals surface area contributed by atoms with Gasteiger partial charge in [-0.1, -0.05) is 6.92 Å². The minimum Gasteiger partial charge on any atom is -0.390 e. The molecule has 2 heteroatoms. The molecule has 0 saturated carbocycles. The van der Waals surface area contributed by atoms with Crippen molar-refractivity contribution in [3.05, 3.63) is 0 Å².